The van der Waals surface area contributed by atoms with Gasteiger partial charge in [0, 0.05) is 12.5 Å². The van der Waals surface area contributed by atoms with Crippen LogP contribution in [0.2, 0.25) is 0 Å². The van der Waals surface area contributed by atoms with E-state index in [4.69, 9.17) is 4.42 Å². The van der Waals surface area contributed by atoms with Crippen LogP contribution < -0.4 is 5.63 Å². The van der Waals surface area contributed by atoms with Gasteiger partial charge in [-0.3, -0.25) is 0 Å². The van der Waals surface area contributed by atoms with Gasteiger partial charge in [0.2, 0.25) is 0 Å². The molecule has 0 fully saturated rings. The van der Waals surface area contributed by atoms with Gasteiger partial charge in [-0.05, 0) is 23.9 Å². The summed E-state index contributed by atoms with van der Waals surface area (Å²) in [7, 11) is 0. The van der Waals surface area contributed by atoms with E-state index < -0.39 is 5.63 Å². The lowest BCUT2D eigenvalue weighted by Crippen LogP contribution is -2.02. The SMILES string of the molecule is CCCCCc1cc2cc(O)cc(O)c2c(=O)o1. The molecule has 1 aromatic carbocycles. The molecule has 1 aromatic heterocycles. The first-order valence-electron chi connectivity index (χ1n) is 6.10. The quantitative estimate of drug-likeness (QED) is 0.816. The highest BCUT2D eigenvalue weighted by Crippen LogP contribution is 2.27. The highest BCUT2D eigenvalue weighted by atomic mass is 16.4. The summed E-state index contributed by atoms with van der Waals surface area (Å²) in [5.41, 5.74) is -0.559. The third kappa shape index (κ3) is 2.47. The zero-order valence-corrected chi connectivity index (χ0v) is 10.3. The van der Waals surface area contributed by atoms with Crippen LogP contribution in [0.3, 0.4) is 0 Å². The molecule has 0 bridgehead atoms. The van der Waals surface area contributed by atoms with Gasteiger partial charge in [0.05, 0.1) is 0 Å². The Morgan fingerprint density at radius 1 is 1.17 bits per heavy atom. The topological polar surface area (TPSA) is 70.7 Å². The van der Waals surface area contributed by atoms with Crippen molar-refractivity contribution in [3.05, 3.63) is 34.4 Å². The molecule has 2 N–H and O–H groups in total. The van der Waals surface area contributed by atoms with E-state index in [1.807, 2.05) is 0 Å². The number of benzene rings is 1. The molecule has 18 heavy (non-hydrogen) atoms. The summed E-state index contributed by atoms with van der Waals surface area (Å²) < 4.78 is 5.16. The van der Waals surface area contributed by atoms with Crippen LogP contribution in [0, 0.1) is 0 Å². The minimum Gasteiger partial charge on any atom is -0.508 e. The molecule has 0 saturated heterocycles. The monoisotopic (exact) mass is 248 g/mol. The molecule has 0 aliphatic heterocycles. The number of unbranched alkanes of at least 4 members (excludes halogenated alkanes) is 2. The molecule has 0 radical (unpaired) electrons. The van der Waals surface area contributed by atoms with Crippen molar-refractivity contribution in [1.29, 1.82) is 0 Å². The number of hydrogen-bond donors (Lipinski definition) is 2. The molecular formula is C14H16O4. The second-order valence-corrected chi connectivity index (χ2v) is 4.39. The first-order valence-corrected chi connectivity index (χ1v) is 6.10. The smallest absolute Gasteiger partial charge is 0.347 e. The summed E-state index contributed by atoms with van der Waals surface area (Å²) in [5.74, 6) is 0.273. The maximum atomic E-state index is 11.8. The molecule has 4 nitrogen and oxygen atoms in total. The van der Waals surface area contributed by atoms with Gasteiger partial charge in [-0.15, -0.1) is 0 Å². The molecule has 0 amide bonds. The maximum Gasteiger partial charge on any atom is 0.347 e. The van der Waals surface area contributed by atoms with E-state index in [9.17, 15) is 15.0 Å². The number of hydrogen-bond acceptors (Lipinski definition) is 4. The fourth-order valence-corrected chi connectivity index (χ4v) is 2.01. The molecule has 0 saturated carbocycles. The number of phenolic OH excluding ortho intramolecular Hbond substituents is 2. The second kappa shape index (κ2) is 5.12. The molecule has 96 valence electrons. The Morgan fingerprint density at radius 3 is 2.67 bits per heavy atom. The summed E-state index contributed by atoms with van der Waals surface area (Å²) in [4.78, 5) is 11.8. The molecule has 0 aliphatic carbocycles. The number of rotatable bonds is 4. The minimum absolute atomic E-state index is 0.0647. The van der Waals surface area contributed by atoms with Gasteiger partial charge in [-0.25, -0.2) is 4.79 Å². The average Bonchev–Trinajstić information content (AvgIpc) is 2.27. The van der Waals surface area contributed by atoms with Crippen LogP contribution in [0.5, 0.6) is 11.5 Å². The number of aromatic hydroxyl groups is 2. The molecular weight excluding hydrogens is 232 g/mol. The van der Waals surface area contributed by atoms with Gasteiger partial charge >= 0.3 is 5.63 Å². The fourth-order valence-electron chi connectivity index (χ4n) is 2.01. The molecule has 4 heteroatoms. The molecule has 1 heterocycles. The number of phenols is 2. The first kappa shape index (κ1) is 12.5. The number of fused-ring (bicyclic) bond motifs is 1. The summed E-state index contributed by atoms with van der Waals surface area (Å²) in [6, 6.07) is 4.29. The Labute approximate surface area is 104 Å². The summed E-state index contributed by atoms with van der Waals surface area (Å²) >= 11 is 0. The van der Waals surface area contributed by atoms with Gasteiger partial charge in [0.15, 0.2) is 0 Å². The Morgan fingerprint density at radius 2 is 1.94 bits per heavy atom. The van der Waals surface area contributed by atoms with Crippen molar-refractivity contribution in [3.63, 3.8) is 0 Å². The molecule has 2 rings (SSSR count). The lowest BCUT2D eigenvalue weighted by atomic mass is 10.1. The van der Waals surface area contributed by atoms with E-state index in [0.717, 1.165) is 25.3 Å². The number of aryl methyl sites for hydroxylation is 1. The minimum atomic E-state index is -0.559. The molecule has 0 spiro atoms. The molecule has 0 unspecified atom stereocenters. The van der Waals surface area contributed by atoms with Crippen molar-refractivity contribution in [1.82, 2.24) is 0 Å². The van der Waals surface area contributed by atoms with Crippen LogP contribution in [-0.4, -0.2) is 10.2 Å². The fraction of sp³-hybridized carbons (Fsp3) is 0.357. The van der Waals surface area contributed by atoms with E-state index in [0.29, 0.717) is 17.6 Å². The Hall–Kier alpha value is -1.97. The van der Waals surface area contributed by atoms with Crippen molar-refractivity contribution < 1.29 is 14.6 Å². The molecule has 0 aliphatic rings. The van der Waals surface area contributed by atoms with Crippen molar-refractivity contribution in [3.8, 4) is 11.5 Å². The Kier molecular flexibility index (Phi) is 3.55. The normalized spacial score (nSPS) is 10.9. The van der Waals surface area contributed by atoms with Crippen molar-refractivity contribution in [2.75, 3.05) is 0 Å². The van der Waals surface area contributed by atoms with Gasteiger partial charge in [-0.2, -0.15) is 0 Å². The zero-order valence-electron chi connectivity index (χ0n) is 10.3. The van der Waals surface area contributed by atoms with Gasteiger partial charge in [0.1, 0.15) is 22.6 Å². The zero-order chi connectivity index (χ0) is 13.1. The summed E-state index contributed by atoms with van der Waals surface area (Å²) in [6.07, 6.45) is 3.82. The highest BCUT2D eigenvalue weighted by molar-refractivity contribution is 5.88. The molecule has 0 atom stereocenters. The first-order chi connectivity index (χ1) is 8.61. The largest absolute Gasteiger partial charge is 0.508 e. The molecule has 2 aromatic rings. The van der Waals surface area contributed by atoms with Crippen LogP contribution in [0.25, 0.3) is 10.8 Å². The highest BCUT2D eigenvalue weighted by Gasteiger charge is 2.10. The van der Waals surface area contributed by atoms with Crippen LogP contribution in [0.1, 0.15) is 31.9 Å². The van der Waals surface area contributed by atoms with Crippen LogP contribution >= 0.6 is 0 Å². The lowest BCUT2D eigenvalue weighted by Gasteiger charge is -2.04. The van der Waals surface area contributed by atoms with Crippen molar-refractivity contribution in [2.24, 2.45) is 0 Å². The van der Waals surface area contributed by atoms with E-state index in [2.05, 4.69) is 6.92 Å². The van der Waals surface area contributed by atoms with E-state index in [1.165, 1.54) is 6.07 Å². The van der Waals surface area contributed by atoms with Crippen LogP contribution in [0.4, 0.5) is 0 Å². The van der Waals surface area contributed by atoms with Crippen molar-refractivity contribution in [2.45, 2.75) is 32.6 Å². The van der Waals surface area contributed by atoms with Gasteiger partial charge in [-0.1, -0.05) is 19.8 Å². The predicted molar refractivity (Wildman–Crippen MR) is 69.0 cm³/mol. The van der Waals surface area contributed by atoms with Crippen LogP contribution in [-0.2, 0) is 6.42 Å². The summed E-state index contributed by atoms with van der Waals surface area (Å²) in [5, 5.41) is 19.7. The Bertz CT molecular complexity index is 613. The Balaban J connectivity index is 2.45. The average molecular weight is 248 g/mol. The maximum absolute atomic E-state index is 11.8. The van der Waals surface area contributed by atoms with E-state index in [-0.39, 0.29) is 16.9 Å². The third-order valence-corrected chi connectivity index (χ3v) is 2.90. The van der Waals surface area contributed by atoms with E-state index in [1.54, 1.807) is 6.07 Å². The van der Waals surface area contributed by atoms with E-state index >= 15 is 0 Å². The second-order valence-electron chi connectivity index (χ2n) is 4.39. The van der Waals surface area contributed by atoms with Gasteiger partial charge in [0.25, 0.3) is 0 Å². The van der Waals surface area contributed by atoms with Crippen LogP contribution in [0.15, 0.2) is 27.4 Å². The van der Waals surface area contributed by atoms with Crippen molar-refractivity contribution >= 4 is 10.8 Å². The predicted octanol–water partition coefficient (Wildman–Crippen LogP) is 2.94. The third-order valence-electron chi connectivity index (χ3n) is 2.90. The lowest BCUT2D eigenvalue weighted by molar-refractivity contribution is 0.441. The van der Waals surface area contributed by atoms with Gasteiger partial charge < -0.3 is 14.6 Å². The standard InChI is InChI=1S/C14H16O4/c1-2-3-4-5-11-7-9-6-10(15)8-12(16)13(9)14(17)18-11/h6-8,15-16H,2-5H2,1H3. The summed E-state index contributed by atoms with van der Waals surface area (Å²) in [6.45, 7) is 2.10.